The van der Waals surface area contributed by atoms with Crippen LogP contribution in [-0.2, 0) is 11.3 Å². The summed E-state index contributed by atoms with van der Waals surface area (Å²) in [5.41, 5.74) is 4.13. The number of methoxy groups -OCH3 is 1. The number of carbonyl (C=O) groups excluding carboxylic acids is 1. The Balaban J connectivity index is 1.68. The monoisotopic (exact) mass is 359 g/mol. The predicted molar refractivity (Wildman–Crippen MR) is 92.9 cm³/mol. The molecule has 0 aliphatic carbocycles. The van der Waals surface area contributed by atoms with Gasteiger partial charge in [-0.2, -0.15) is 5.10 Å². The maximum Gasteiger partial charge on any atom is 0.261 e. The molecule has 0 unspecified atom stereocenters. The molecule has 0 saturated heterocycles. The molecule has 1 heterocycles. The number of aromatic hydroxyl groups is 1. The molecule has 0 fully saturated rings. The molecule has 3 rings (SSSR count). The van der Waals surface area contributed by atoms with E-state index in [1.54, 1.807) is 0 Å². The zero-order valence-corrected chi connectivity index (χ0v) is 13.9. The van der Waals surface area contributed by atoms with Crippen LogP contribution in [0.4, 0.5) is 0 Å². The van der Waals surface area contributed by atoms with Gasteiger partial charge in [0.25, 0.3) is 5.91 Å². The highest BCUT2D eigenvalue weighted by Crippen LogP contribution is 2.32. The van der Waals surface area contributed by atoms with Crippen molar-refractivity contribution in [3.63, 3.8) is 0 Å². The maximum atomic E-state index is 12.0. The molecule has 128 valence electrons. The standard InChI is InChI=1S/C16H14ClN5O3/c1-25-14-7-11(17)6-10(16(14)24)8-18-20-15(23)9-22-13-5-3-2-4-12(13)19-21-22/h2-8,24H,9H2,1H3,(H,20,23). The number of hydrazone groups is 1. The number of carbonyl (C=O) groups is 1. The van der Waals surface area contributed by atoms with Crippen molar-refractivity contribution < 1.29 is 14.6 Å². The second-order valence-electron chi connectivity index (χ2n) is 5.07. The summed E-state index contributed by atoms with van der Waals surface area (Å²) in [6.45, 7) is -0.0390. The fraction of sp³-hybridized carbons (Fsp3) is 0.125. The number of phenolic OH excluding ortho intramolecular Hbond substituents is 1. The van der Waals surface area contributed by atoms with Gasteiger partial charge in [-0.25, -0.2) is 10.1 Å². The number of benzene rings is 2. The van der Waals surface area contributed by atoms with Crippen molar-refractivity contribution in [3.8, 4) is 11.5 Å². The Kier molecular flexibility index (Phi) is 4.80. The summed E-state index contributed by atoms with van der Waals surface area (Å²) in [5, 5.41) is 22.1. The fourth-order valence-corrected chi connectivity index (χ4v) is 2.44. The van der Waals surface area contributed by atoms with Gasteiger partial charge in [-0.1, -0.05) is 28.9 Å². The van der Waals surface area contributed by atoms with Gasteiger partial charge in [-0.3, -0.25) is 4.79 Å². The van der Waals surface area contributed by atoms with Gasteiger partial charge in [-0.05, 0) is 18.2 Å². The van der Waals surface area contributed by atoms with Crippen LogP contribution in [0.5, 0.6) is 11.5 Å². The van der Waals surface area contributed by atoms with Crippen molar-refractivity contribution in [2.45, 2.75) is 6.54 Å². The van der Waals surface area contributed by atoms with Crippen LogP contribution in [0.2, 0.25) is 5.02 Å². The fourth-order valence-electron chi connectivity index (χ4n) is 2.23. The number of nitrogens with zero attached hydrogens (tertiary/aromatic N) is 4. The minimum atomic E-state index is -0.389. The van der Waals surface area contributed by atoms with Gasteiger partial charge < -0.3 is 9.84 Å². The molecule has 0 spiro atoms. The van der Waals surface area contributed by atoms with Crippen LogP contribution in [-0.4, -0.2) is 39.3 Å². The van der Waals surface area contributed by atoms with E-state index in [1.165, 1.54) is 30.1 Å². The van der Waals surface area contributed by atoms with Gasteiger partial charge in [-0.15, -0.1) is 5.10 Å². The lowest BCUT2D eigenvalue weighted by Gasteiger charge is -2.06. The highest BCUT2D eigenvalue weighted by Gasteiger charge is 2.10. The highest BCUT2D eigenvalue weighted by molar-refractivity contribution is 6.31. The van der Waals surface area contributed by atoms with Crippen LogP contribution in [0.3, 0.4) is 0 Å². The topological polar surface area (TPSA) is 102 Å². The zero-order valence-electron chi connectivity index (χ0n) is 13.2. The number of hydrogen-bond acceptors (Lipinski definition) is 6. The molecule has 0 bridgehead atoms. The summed E-state index contributed by atoms with van der Waals surface area (Å²) in [6, 6.07) is 10.3. The van der Waals surface area contributed by atoms with Crippen molar-refractivity contribution in [1.29, 1.82) is 0 Å². The minimum Gasteiger partial charge on any atom is -0.504 e. The summed E-state index contributed by atoms with van der Waals surface area (Å²) in [7, 11) is 1.41. The average Bonchev–Trinajstić information content (AvgIpc) is 3.00. The summed E-state index contributed by atoms with van der Waals surface area (Å²) in [5.74, 6) is -0.290. The van der Waals surface area contributed by atoms with Crippen LogP contribution >= 0.6 is 11.6 Å². The Bertz CT molecular complexity index is 954. The normalized spacial score (nSPS) is 11.1. The zero-order chi connectivity index (χ0) is 17.8. The molecule has 2 aromatic carbocycles. The number of hydrogen-bond donors (Lipinski definition) is 2. The smallest absolute Gasteiger partial charge is 0.261 e. The number of para-hydroxylation sites is 1. The van der Waals surface area contributed by atoms with E-state index in [1.807, 2.05) is 24.3 Å². The summed E-state index contributed by atoms with van der Waals surface area (Å²) in [4.78, 5) is 12.0. The van der Waals surface area contributed by atoms with E-state index in [-0.39, 0.29) is 24.0 Å². The first-order valence-corrected chi connectivity index (χ1v) is 7.63. The molecule has 2 N–H and O–H groups in total. The van der Waals surface area contributed by atoms with Gasteiger partial charge >= 0.3 is 0 Å². The first kappa shape index (κ1) is 16.7. The Labute approximate surface area is 147 Å². The van der Waals surface area contributed by atoms with Crippen molar-refractivity contribution in [1.82, 2.24) is 20.4 Å². The number of rotatable bonds is 5. The molecule has 0 saturated carbocycles. The Morgan fingerprint density at radius 2 is 2.24 bits per heavy atom. The number of aromatic nitrogens is 3. The van der Waals surface area contributed by atoms with E-state index in [0.29, 0.717) is 16.1 Å². The first-order chi connectivity index (χ1) is 12.1. The van der Waals surface area contributed by atoms with Crippen LogP contribution < -0.4 is 10.2 Å². The molecule has 8 nitrogen and oxygen atoms in total. The lowest BCUT2D eigenvalue weighted by molar-refractivity contribution is -0.121. The predicted octanol–water partition coefficient (Wildman–Crippen LogP) is 1.95. The number of phenols is 1. The molecule has 9 heteroatoms. The SMILES string of the molecule is COc1cc(Cl)cc(C=NNC(=O)Cn2nnc3ccccc32)c1O. The minimum absolute atomic E-state index is 0.0390. The van der Waals surface area contributed by atoms with Crippen LogP contribution in [0.25, 0.3) is 11.0 Å². The summed E-state index contributed by atoms with van der Waals surface area (Å²) < 4.78 is 6.48. The Morgan fingerprint density at radius 1 is 1.44 bits per heavy atom. The van der Waals surface area contributed by atoms with Crippen LogP contribution in [0.15, 0.2) is 41.5 Å². The Hall–Kier alpha value is -3.13. The van der Waals surface area contributed by atoms with Crippen molar-refractivity contribution >= 4 is 34.8 Å². The van der Waals surface area contributed by atoms with Crippen LogP contribution in [0.1, 0.15) is 5.56 Å². The largest absolute Gasteiger partial charge is 0.504 e. The summed E-state index contributed by atoms with van der Waals surface area (Å²) >= 11 is 5.93. The number of fused-ring (bicyclic) bond motifs is 1. The molecule has 1 aromatic heterocycles. The molecule has 0 atom stereocenters. The van der Waals surface area contributed by atoms with Gasteiger partial charge in [0.05, 0.1) is 18.8 Å². The maximum absolute atomic E-state index is 12.0. The third kappa shape index (κ3) is 3.69. The van der Waals surface area contributed by atoms with E-state index in [2.05, 4.69) is 20.8 Å². The van der Waals surface area contributed by atoms with Gasteiger partial charge in [0.2, 0.25) is 0 Å². The third-order valence-electron chi connectivity index (χ3n) is 3.40. The first-order valence-electron chi connectivity index (χ1n) is 7.25. The van der Waals surface area contributed by atoms with Gasteiger partial charge in [0, 0.05) is 16.7 Å². The second kappa shape index (κ2) is 7.18. The lowest BCUT2D eigenvalue weighted by Crippen LogP contribution is -2.23. The van der Waals surface area contributed by atoms with Crippen LogP contribution in [0, 0.1) is 0 Å². The van der Waals surface area contributed by atoms with E-state index in [4.69, 9.17) is 16.3 Å². The van der Waals surface area contributed by atoms with E-state index in [9.17, 15) is 9.90 Å². The average molecular weight is 360 g/mol. The molecule has 1 amide bonds. The molecule has 3 aromatic rings. The van der Waals surface area contributed by atoms with E-state index >= 15 is 0 Å². The molecular formula is C16H14ClN5O3. The van der Waals surface area contributed by atoms with Crippen molar-refractivity contribution in [2.75, 3.05) is 7.11 Å². The molecule has 0 aliphatic rings. The van der Waals surface area contributed by atoms with Crippen molar-refractivity contribution in [3.05, 3.63) is 47.0 Å². The lowest BCUT2D eigenvalue weighted by atomic mass is 10.2. The second-order valence-corrected chi connectivity index (χ2v) is 5.51. The quantitative estimate of drug-likeness (QED) is 0.535. The van der Waals surface area contributed by atoms with E-state index < -0.39 is 0 Å². The van der Waals surface area contributed by atoms with Gasteiger partial charge in [0.1, 0.15) is 12.1 Å². The van der Waals surface area contributed by atoms with E-state index in [0.717, 1.165) is 5.52 Å². The van der Waals surface area contributed by atoms with Gasteiger partial charge in [0.15, 0.2) is 11.5 Å². The number of nitrogens with one attached hydrogen (secondary N) is 1. The molecule has 0 radical (unpaired) electrons. The number of halogens is 1. The van der Waals surface area contributed by atoms with Crippen molar-refractivity contribution in [2.24, 2.45) is 5.10 Å². The highest BCUT2D eigenvalue weighted by atomic mass is 35.5. The summed E-state index contributed by atoms with van der Waals surface area (Å²) in [6.07, 6.45) is 1.28. The molecular weight excluding hydrogens is 346 g/mol. The third-order valence-corrected chi connectivity index (χ3v) is 3.61. The number of ether oxygens (including phenoxy) is 1. The molecule has 0 aliphatic heterocycles. The Morgan fingerprint density at radius 3 is 3.04 bits per heavy atom. The number of amides is 1. The molecule has 25 heavy (non-hydrogen) atoms.